The molecule has 0 radical (unpaired) electrons. The van der Waals surface area contributed by atoms with Crippen LogP contribution in [-0.4, -0.2) is 52.4 Å². The number of ether oxygens (including phenoxy) is 2. The lowest BCUT2D eigenvalue weighted by Crippen LogP contribution is -2.37. The molecule has 3 rings (SSSR count). The Balaban J connectivity index is 1.89. The van der Waals surface area contributed by atoms with Crippen molar-refractivity contribution in [3.63, 3.8) is 0 Å². The van der Waals surface area contributed by atoms with Crippen LogP contribution in [-0.2, 0) is 16.2 Å². The molecule has 2 aromatic heterocycles. The summed E-state index contributed by atoms with van der Waals surface area (Å²) in [6.07, 6.45) is 1.47. The van der Waals surface area contributed by atoms with E-state index in [9.17, 15) is 4.79 Å². The van der Waals surface area contributed by atoms with E-state index in [4.69, 9.17) is 14.5 Å². The minimum Gasteiger partial charge on any atom is -0.444 e. The maximum absolute atomic E-state index is 12.8. The first-order valence-corrected chi connectivity index (χ1v) is 15.0. The van der Waals surface area contributed by atoms with Crippen LogP contribution in [0.25, 0.3) is 11.2 Å². The van der Waals surface area contributed by atoms with Crippen molar-refractivity contribution in [2.24, 2.45) is 0 Å². The minimum atomic E-state index is -1.17. The quantitative estimate of drug-likeness (QED) is 0.296. The highest BCUT2D eigenvalue weighted by molar-refractivity contribution is 9.10. The Morgan fingerprint density at radius 2 is 2.00 bits per heavy atom. The number of nitrogens with zero attached hydrogens (tertiary/aromatic N) is 4. The number of fused-ring (bicyclic) bond motifs is 1. The Bertz CT molecular complexity index is 904. The molecule has 0 saturated carbocycles. The summed E-state index contributed by atoms with van der Waals surface area (Å²) in [5.74, 6) is 0.812. The van der Waals surface area contributed by atoms with Crippen molar-refractivity contribution in [2.45, 2.75) is 77.7 Å². The number of halogens is 1. The monoisotopic (exact) mass is 496 g/mol. The van der Waals surface area contributed by atoms with Gasteiger partial charge in [-0.25, -0.2) is 14.8 Å². The third-order valence-corrected chi connectivity index (χ3v) is 7.13. The fraction of sp³-hybridized carbons (Fsp3) is 0.667. The summed E-state index contributed by atoms with van der Waals surface area (Å²) in [7, 11) is -1.17. The van der Waals surface area contributed by atoms with Gasteiger partial charge in [0.15, 0.2) is 5.65 Å². The summed E-state index contributed by atoms with van der Waals surface area (Å²) in [4.78, 5) is 24.1. The second-order valence-corrected chi connectivity index (χ2v) is 16.5. The summed E-state index contributed by atoms with van der Waals surface area (Å²) >= 11 is 3.46. The van der Waals surface area contributed by atoms with Gasteiger partial charge in [0.1, 0.15) is 28.3 Å². The number of pyridine rings is 1. The van der Waals surface area contributed by atoms with E-state index >= 15 is 0 Å². The molecule has 0 spiro atoms. The fourth-order valence-corrected chi connectivity index (χ4v) is 4.54. The largest absolute Gasteiger partial charge is 0.444 e. The van der Waals surface area contributed by atoms with Gasteiger partial charge in [0.2, 0.25) is 0 Å². The predicted molar refractivity (Wildman–Crippen MR) is 124 cm³/mol. The molecule has 166 valence electrons. The summed E-state index contributed by atoms with van der Waals surface area (Å²) in [6.45, 7) is 14.4. The first-order valence-electron chi connectivity index (χ1n) is 10.5. The maximum Gasteiger partial charge on any atom is 0.410 e. The maximum atomic E-state index is 12.8. The van der Waals surface area contributed by atoms with E-state index in [0.717, 1.165) is 40.5 Å². The second kappa shape index (κ2) is 8.96. The Kier molecular flexibility index (Phi) is 6.93. The molecule has 0 bridgehead atoms. The number of hydrogen-bond acceptors (Lipinski definition) is 5. The van der Waals surface area contributed by atoms with Gasteiger partial charge in [0.05, 0.1) is 6.04 Å². The summed E-state index contributed by atoms with van der Waals surface area (Å²) in [5.41, 5.74) is 1.04. The molecule has 30 heavy (non-hydrogen) atoms. The van der Waals surface area contributed by atoms with Gasteiger partial charge in [0.25, 0.3) is 0 Å². The Labute approximate surface area is 188 Å². The van der Waals surface area contributed by atoms with Crippen molar-refractivity contribution in [1.29, 1.82) is 0 Å². The smallest absolute Gasteiger partial charge is 0.410 e. The first kappa shape index (κ1) is 23.2. The number of rotatable bonds is 6. The fourth-order valence-electron chi connectivity index (χ4n) is 3.49. The van der Waals surface area contributed by atoms with Crippen molar-refractivity contribution >= 4 is 41.3 Å². The van der Waals surface area contributed by atoms with Crippen LogP contribution in [0.4, 0.5) is 4.79 Å². The van der Waals surface area contributed by atoms with E-state index in [-0.39, 0.29) is 12.1 Å². The molecule has 1 fully saturated rings. The van der Waals surface area contributed by atoms with Gasteiger partial charge < -0.3 is 9.47 Å². The zero-order valence-corrected chi connectivity index (χ0v) is 21.5. The van der Waals surface area contributed by atoms with Crippen molar-refractivity contribution < 1.29 is 14.3 Å². The minimum absolute atomic E-state index is 0.145. The number of carbonyl (C=O) groups is 1. The average molecular weight is 498 g/mol. The van der Waals surface area contributed by atoms with Crippen LogP contribution in [0, 0.1) is 0 Å². The predicted octanol–water partition coefficient (Wildman–Crippen LogP) is 5.58. The molecule has 0 aliphatic carbocycles. The SMILES string of the molecule is CC(C)(C)OC(=O)N1CCC[C@H]1c1nc2ccc(Br)nc2n1COCC[Si](C)(C)C. The van der Waals surface area contributed by atoms with Crippen LogP contribution in [0.1, 0.15) is 45.5 Å². The van der Waals surface area contributed by atoms with Crippen LogP contribution in [0.15, 0.2) is 16.7 Å². The zero-order valence-electron chi connectivity index (χ0n) is 18.9. The molecule has 0 aromatic carbocycles. The van der Waals surface area contributed by atoms with Crippen LogP contribution in [0.2, 0.25) is 25.7 Å². The molecular weight excluding hydrogens is 464 g/mol. The molecule has 3 heterocycles. The van der Waals surface area contributed by atoms with Gasteiger partial charge in [0, 0.05) is 21.2 Å². The molecular formula is C21H33BrN4O3Si. The van der Waals surface area contributed by atoms with E-state index in [2.05, 4.69) is 40.6 Å². The molecule has 1 aliphatic heterocycles. The third-order valence-electron chi connectivity index (χ3n) is 4.98. The zero-order chi connectivity index (χ0) is 22.1. The van der Waals surface area contributed by atoms with E-state index in [1.165, 1.54) is 0 Å². The number of amides is 1. The van der Waals surface area contributed by atoms with Gasteiger partial charge in [-0.3, -0.25) is 9.47 Å². The van der Waals surface area contributed by atoms with Gasteiger partial charge in [-0.2, -0.15) is 0 Å². The Morgan fingerprint density at radius 1 is 1.27 bits per heavy atom. The van der Waals surface area contributed by atoms with Crippen molar-refractivity contribution in [3.05, 3.63) is 22.6 Å². The summed E-state index contributed by atoms with van der Waals surface area (Å²) in [5, 5.41) is 0. The van der Waals surface area contributed by atoms with Gasteiger partial charge >= 0.3 is 6.09 Å². The van der Waals surface area contributed by atoms with Crippen LogP contribution >= 0.6 is 15.9 Å². The molecule has 9 heteroatoms. The standard InChI is InChI=1S/C21H33BrN4O3Si/c1-21(2,3)29-20(27)25-11-7-8-16(25)19-23-15-9-10-17(22)24-18(15)26(19)14-28-12-13-30(4,5)6/h9-10,16H,7-8,11-14H2,1-6H3/t16-/m0/s1. The van der Waals surface area contributed by atoms with Crippen LogP contribution < -0.4 is 0 Å². The molecule has 7 nitrogen and oxygen atoms in total. The molecule has 2 aromatic rings. The summed E-state index contributed by atoms with van der Waals surface area (Å²) < 4.78 is 14.5. The number of hydrogen-bond donors (Lipinski definition) is 0. The normalized spacial score (nSPS) is 17.7. The van der Waals surface area contributed by atoms with Gasteiger partial charge in [-0.05, 0) is 67.7 Å². The molecule has 1 aliphatic rings. The number of imidazole rings is 1. The number of likely N-dealkylation sites (tertiary alicyclic amines) is 1. The van der Waals surface area contributed by atoms with E-state index in [1.807, 2.05) is 37.5 Å². The Morgan fingerprint density at radius 3 is 2.67 bits per heavy atom. The topological polar surface area (TPSA) is 69.5 Å². The van der Waals surface area contributed by atoms with Gasteiger partial charge in [-0.15, -0.1) is 0 Å². The van der Waals surface area contributed by atoms with Crippen molar-refractivity contribution in [2.75, 3.05) is 13.2 Å². The average Bonchev–Trinajstić information content (AvgIpc) is 3.20. The number of aromatic nitrogens is 3. The highest BCUT2D eigenvalue weighted by Crippen LogP contribution is 2.34. The lowest BCUT2D eigenvalue weighted by Gasteiger charge is -2.28. The van der Waals surface area contributed by atoms with E-state index in [0.29, 0.717) is 19.9 Å². The Hall–Kier alpha value is -1.45. The molecule has 1 saturated heterocycles. The van der Waals surface area contributed by atoms with Crippen LogP contribution in [0.3, 0.4) is 0 Å². The van der Waals surface area contributed by atoms with Crippen molar-refractivity contribution in [3.8, 4) is 0 Å². The molecule has 0 unspecified atom stereocenters. The summed E-state index contributed by atoms with van der Waals surface area (Å²) in [6, 6.07) is 4.78. The van der Waals surface area contributed by atoms with Gasteiger partial charge in [-0.1, -0.05) is 19.6 Å². The highest BCUT2D eigenvalue weighted by Gasteiger charge is 2.36. The van der Waals surface area contributed by atoms with Crippen LogP contribution in [0.5, 0.6) is 0 Å². The lowest BCUT2D eigenvalue weighted by molar-refractivity contribution is 0.0205. The third kappa shape index (κ3) is 5.82. The van der Waals surface area contributed by atoms with Crippen molar-refractivity contribution in [1.82, 2.24) is 19.4 Å². The van der Waals surface area contributed by atoms with E-state index in [1.54, 1.807) is 4.90 Å². The second-order valence-electron chi connectivity index (χ2n) is 10.1. The molecule has 0 N–H and O–H groups in total. The first-order chi connectivity index (χ1) is 13.9. The number of carbonyl (C=O) groups excluding carboxylic acids is 1. The lowest BCUT2D eigenvalue weighted by atomic mass is 10.2. The molecule has 1 amide bonds. The van der Waals surface area contributed by atoms with E-state index < -0.39 is 13.7 Å². The molecule has 1 atom stereocenters. The highest BCUT2D eigenvalue weighted by atomic mass is 79.9.